The first-order valence-electron chi connectivity index (χ1n) is 12.3. The number of hydrogen-bond donors (Lipinski definition) is 2. The largest absolute Gasteiger partial charge is 0.335 e. The molecule has 0 spiro atoms. The lowest BCUT2D eigenvalue weighted by Gasteiger charge is -2.15. The minimum atomic E-state index is -2.69. The molecule has 0 radical (unpaired) electrons. The van der Waals surface area contributed by atoms with Gasteiger partial charge in [0, 0.05) is 67.2 Å². The highest BCUT2D eigenvalue weighted by atomic mass is 19.3. The number of hydrogen-bond acceptors (Lipinski definition) is 7. The van der Waals surface area contributed by atoms with Gasteiger partial charge in [-0.2, -0.15) is 5.10 Å². The van der Waals surface area contributed by atoms with Crippen LogP contribution in [0.3, 0.4) is 0 Å². The average Bonchev–Trinajstić information content (AvgIpc) is 3.65. The minimum absolute atomic E-state index is 0.0801. The summed E-state index contributed by atoms with van der Waals surface area (Å²) in [5, 5.41) is 7.37. The first-order chi connectivity index (χ1) is 18.9. The second kappa shape index (κ2) is 8.95. The fourth-order valence-electron chi connectivity index (χ4n) is 5.04. The number of nitrogens with one attached hydrogen (secondary N) is 2. The summed E-state index contributed by atoms with van der Waals surface area (Å²) < 4.78 is 43.3. The Balaban J connectivity index is 1.28. The summed E-state index contributed by atoms with van der Waals surface area (Å²) in [6.45, 7) is 0.286. The smallest absolute Gasteiger partial charge is 0.261 e. The third kappa shape index (κ3) is 4.18. The van der Waals surface area contributed by atoms with Crippen molar-refractivity contribution < 1.29 is 13.2 Å². The Hall–Kier alpha value is -4.71. The number of halogens is 3. The molecule has 0 amide bonds. The van der Waals surface area contributed by atoms with Gasteiger partial charge in [-0.15, -0.1) is 0 Å². The van der Waals surface area contributed by atoms with Crippen LogP contribution in [0.2, 0.25) is 0 Å². The number of nitrogens with zero attached hydrogens (tertiary/aromatic N) is 7. The van der Waals surface area contributed by atoms with E-state index in [4.69, 9.17) is 0 Å². The summed E-state index contributed by atoms with van der Waals surface area (Å²) in [7, 11) is 0. The Morgan fingerprint density at radius 3 is 2.69 bits per heavy atom. The standard InChI is InChI=1S/C27H20F3N9/c28-21-20-19(12-34-22(21)17-8-15(9-32-11-17)13-39-7-4-27(29,30)14-39)37-38-24(20)26-35-23-18(3-6-33-25(23)36-26)16-2-1-5-31-10-16/h1-3,5-6,8-12H,4,7,13-14H2,(H,37,38)(H,33,35,36). The van der Waals surface area contributed by atoms with Crippen molar-refractivity contribution in [3.63, 3.8) is 0 Å². The molecule has 0 unspecified atom stereocenters. The van der Waals surface area contributed by atoms with Gasteiger partial charge in [-0.25, -0.2) is 23.1 Å². The lowest BCUT2D eigenvalue weighted by Crippen LogP contribution is -2.24. The summed E-state index contributed by atoms with van der Waals surface area (Å²) in [6, 6.07) is 7.36. The van der Waals surface area contributed by atoms with E-state index in [1.807, 2.05) is 18.2 Å². The van der Waals surface area contributed by atoms with Crippen molar-refractivity contribution in [2.24, 2.45) is 0 Å². The Kier molecular flexibility index (Phi) is 5.37. The number of rotatable bonds is 5. The van der Waals surface area contributed by atoms with Crippen LogP contribution in [0.5, 0.6) is 0 Å². The molecule has 9 nitrogen and oxygen atoms in total. The molecule has 1 fully saturated rings. The molecule has 1 aliphatic heterocycles. The number of aromatic nitrogens is 8. The zero-order chi connectivity index (χ0) is 26.6. The van der Waals surface area contributed by atoms with Crippen molar-refractivity contribution in [2.45, 2.75) is 18.9 Å². The fraction of sp³-hybridized carbons (Fsp3) is 0.185. The molecule has 0 aliphatic carbocycles. The van der Waals surface area contributed by atoms with Crippen molar-refractivity contribution in [1.82, 2.24) is 45.0 Å². The maximum absolute atomic E-state index is 16.0. The van der Waals surface area contributed by atoms with Gasteiger partial charge in [0.25, 0.3) is 5.92 Å². The number of imidazole rings is 1. The monoisotopic (exact) mass is 527 g/mol. The number of aromatic amines is 2. The van der Waals surface area contributed by atoms with Gasteiger partial charge in [0.05, 0.1) is 29.2 Å². The quantitative estimate of drug-likeness (QED) is 0.325. The van der Waals surface area contributed by atoms with Crippen LogP contribution in [0, 0.1) is 5.82 Å². The van der Waals surface area contributed by atoms with Crippen molar-refractivity contribution >= 4 is 22.1 Å². The van der Waals surface area contributed by atoms with E-state index in [-0.39, 0.29) is 29.7 Å². The Morgan fingerprint density at radius 1 is 0.974 bits per heavy atom. The fourth-order valence-corrected chi connectivity index (χ4v) is 5.04. The number of likely N-dealkylation sites (tertiary alicyclic amines) is 1. The van der Waals surface area contributed by atoms with E-state index < -0.39 is 11.7 Å². The molecule has 39 heavy (non-hydrogen) atoms. The molecular weight excluding hydrogens is 507 g/mol. The van der Waals surface area contributed by atoms with Gasteiger partial charge in [0.2, 0.25) is 0 Å². The molecule has 0 aromatic carbocycles. The van der Waals surface area contributed by atoms with Crippen LogP contribution in [0.4, 0.5) is 13.2 Å². The zero-order valence-electron chi connectivity index (χ0n) is 20.4. The van der Waals surface area contributed by atoms with Crippen LogP contribution in [0.15, 0.2) is 61.4 Å². The van der Waals surface area contributed by atoms with Crippen molar-refractivity contribution in [3.05, 3.63) is 72.8 Å². The molecule has 7 rings (SSSR count). The SMILES string of the molecule is Fc1c(-c2cncc(CN3CCC(F)(F)C3)c2)ncc2[nH]nc(-c3nc4nccc(-c5cccnc5)c4[nH]3)c12. The van der Waals surface area contributed by atoms with Gasteiger partial charge in [-0.1, -0.05) is 6.07 Å². The second-order valence-electron chi connectivity index (χ2n) is 9.56. The lowest BCUT2D eigenvalue weighted by molar-refractivity contribution is 0.0115. The molecular formula is C27H20F3N9. The molecule has 12 heteroatoms. The van der Waals surface area contributed by atoms with Gasteiger partial charge in [0.1, 0.15) is 11.4 Å². The summed E-state index contributed by atoms with van der Waals surface area (Å²) in [5.74, 6) is -2.94. The number of fused-ring (bicyclic) bond motifs is 2. The highest BCUT2D eigenvalue weighted by Crippen LogP contribution is 2.34. The maximum Gasteiger partial charge on any atom is 0.261 e. The normalized spacial score (nSPS) is 15.5. The lowest BCUT2D eigenvalue weighted by atomic mass is 10.1. The van der Waals surface area contributed by atoms with E-state index in [1.165, 1.54) is 12.4 Å². The van der Waals surface area contributed by atoms with Gasteiger partial charge in [-0.3, -0.25) is 25.0 Å². The van der Waals surface area contributed by atoms with Crippen LogP contribution in [-0.4, -0.2) is 64.0 Å². The van der Waals surface area contributed by atoms with Crippen molar-refractivity contribution in [3.8, 4) is 33.9 Å². The van der Waals surface area contributed by atoms with E-state index in [0.717, 1.165) is 11.1 Å². The topological polar surface area (TPSA) is 112 Å². The van der Waals surface area contributed by atoms with Crippen LogP contribution in [-0.2, 0) is 6.54 Å². The first-order valence-corrected chi connectivity index (χ1v) is 12.3. The Labute approximate surface area is 219 Å². The van der Waals surface area contributed by atoms with E-state index >= 15 is 4.39 Å². The average molecular weight is 528 g/mol. The molecule has 0 atom stereocenters. The summed E-state index contributed by atoms with van der Waals surface area (Å²) in [5.41, 5.74) is 4.78. The van der Waals surface area contributed by atoms with Gasteiger partial charge >= 0.3 is 0 Å². The molecule has 7 heterocycles. The van der Waals surface area contributed by atoms with Gasteiger partial charge in [-0.05, 0) is 23.8 Å². The van der Waals surface area contributed by atoms with Crippen molar-refractivity contribution in [1.29, 1.82) is 0 Å². The first kappa shape index (κ1) is 23.4. The highest BCUT2D eigenvalue weighted by molar-refractivity contribution is 5.97. The zero-order valence-corrected chi connectivity index (χ0v) is 20.4. The minimum Gasteiger partial charge on any atom is -0.335 e. The van der Waals surface area contributed by atoms with Gasteiger partial charge in [0.15, 0.2) is 17.3 Å². The van der Waals surface area contributed by atoms with E-state index in [0.29, 0.717) is 46.7 Å². The molecule has 6 aromatic heterocycles. The predicted octanol–water partition coefficient (Wildman–Crippen LogP) is 5.00. The summed E-state index contributed by atoms with van der Waals surface area (Å²) in [4.78, 5) is 26.6. The summed E-state index contributed by atoms with van der Waals surface area (Å²) >= 11 is 0. The van der Waals surface area contributed by atoms with E-state index in [2.05, 4.69) is 40.1 Å². The van der Waals surface area contributed by atoms with Crippen LogP contribution >= 0.6 is 0 Å². The van der Waals surface area contributed by atoms with Crippen LogP contribution < -0.4 is 0 Å². The third-order valence-electron chi connectivity index (χ3n) is 6.86. The van der Waals surface area contributed by atoms with E-state index in [9.17, 15) is 8.78 Å². The molecule has 194 valence electrons. The maximum atomic E-state index is 16.0. The molecule has 2 N–H and O–H groups in total. The van der Waals surface area contributed by atoms with Crippen LogP contribution in [0.25, 0.3) is 56.0 Å². The molecule has 0 bridgehead atoms. The van der Waals surface area contributed by atoms with Crippen molar-refractivity contribution in [2.75, 3.05) is 13.1 Å². The second-order valence-corrected chi connectivity index (χ2v) is 9.56. The van der Waals surface area contributed by atoms with Gasteiger partial charge < -0.3 is 4.98 Å². The molecule has 0 saturated carbocycles. The summed E-state index contributed by atoms with van der Waals surface area (Å²) in [6.07, 6.45) is 9.53. The Bertz CT molecular complexity index is 1830. The predicted molar refractivity (Wildman–Crippen MR) is 138 cm³/mol. The Morgan fingerprint density at radius 2 is 1.87 bits per heavy atom. The molecule has 1 aliphatic rings. The molecule has 6 aromatic rings. The number of pyridine rings is 4. The molecule has 1 saturated heterocycles. The van der Waals surface area contributed by atoms with Crippen LogP contribution in [0.1, 0.15) is 12.0 Å². The number of alkyl halides is 2. The number of H-pyrrole nitrogens is 2. The highest BCUT2D eigenvalue weighted by Gasteiger charge is 2.38. The third-order valence-corrected chi connectivity index (χ3v) is 6.86. The van der Waals surface area contributed by atoms with E-state index in [1.54, 1.807) is 35.8 Å².